The number of carbonyl (C=O) groups excluding carboxylic acids is 1. The highest BCUT2D eigenvalue weighted by atomic mass is 16.6. The molecule has 2 aliphatic carbocycles. The van der Waals surface area contributed by atoms with Crippen LogP contribution in [0.1, 0.15) is 59.3 Å². The third kappa shape index (κ3) is 5.50. The van der Waals surface area contributed by atoms with Gasteiger partial charge >= 0.3 is 12.1 Å². The summed E-state index contributed by atoms with van der Waals surface area (Å²) in [7, 11) is 0. The second-order valence-electron chi connectivity index (χ2n) is 7.88. The van der Waals surface area contributed by atoms with Crippen molar-refractivity contribution < 1.29 is 19.4 Å². The third-order valence-corrected chi connectivity index (χ3v) is 4.50. The fourth-order valence-corrected chi connectivity index (χ4v) is 3.07. The van der Waals surface area contributed by atoms with Crippen LogP contribution in [0.5, 0.6) is 0 Å². The predicted molar refractivity (Wildman–Crippen MR) is 83.6 cm³/mol. The molecule has 0 unspecified atom stereocenters. The number of carbonyl (C=O) groups is 2. The maximum atomic E-state index is 12.4. The van der Waals surface area contributed by atoms with Gasteiger partial charge in [0.05, 0.1) is 5.92 Å². The van der Waals surface area contributed by atoms with Crippen LogP contribution in [0.3, 0.4) is 0 Å². The highest BCUT2D eigenvalue weighted by molar-refractivity contribution is 5.70. The van der Waals surface area contributed by atoms with Gasteiger partial charge < -0.3 is 14.7 Å². The van der Waals surface area contributed by atoms with Gasteiger partial charge in [-0.25, -0.2) is 4.79 Å². The molecule has 0 aromatic rings. The first-order chi connectivity index (χ1) is 10.2. The molecule has 2 rings (SSSR count). The molecule has 0 heterocycles. The van der Waals surface area contributed by atoms with Crippen molar-refractivity contribution in [3.8, 4) is 0 Å². The molecule has 0 aliphatic heterocycles. The number of hydrogen-bond acceptors (Lipinski definition) is 3. The molecule has 5 heteroatoms. The summed E-state index contributed by atoms with van der Waals surface area (Å²) >= 11 is 0. The molecule has 0 radical (unpaired) electrons. The molecule has 0 saturated heterocycles. The number of aliphatic carboxylic acids is 1. The second kappa shape index (κ2) is 6.88. The quantitative estimate of drug-likeness (QED) is 0.843. The van der Waals surface area contributed by atoms with E-state index in [-0.39, 0.29) is 12.0 Å². The number of rotatable bonds is 5. The number of nitrogens with zero attached hydrogens (tertiary/aromatic N) is 1. The van der Waals surface area contributed by atoms with Crippen LogP contribution in [0.2, 0.25) is 0 Å². The fraction of sp³-hybridized carbons (Fsp3) is 0.882. The highest BCUT2D eigenvalue weighted by Gasteiger charge is 2.33. The molecule has 0 aromatic heterocycles. The van der Waals surface area contributed by atoms with Crippen LogP contribution in [0.15, 0.2) is 0 Å². The first-order valence-electron chi connectivity index (χ1n) is 8.45. The van der Waals surface area contributed by atoms with Gasteiger partial charge in [0.2, 0.25) is 0 Å². The summed E-state index contributed by atoms with van der Waals surface area (Å²) in [6, 6.07) is 0. The van der Waals surface area contributed by atoms with Crippen molar-refractivity contribution in [2.24, 2.45) is 17.8 Å². The minimum Gasteiger partial charge on any atom is -0.481 e. The zero-order valence-corrected chi connectivity index (χ0v) is 14.0. The zero-order chi connectivity index (χ0) is 16.3. The summed E-state index contributed by atoms with van der Waals surface area (Å²) in [4.78, 5) is 25.3. The minimum atomic E-state index is -0.680. The number of carboxylic acid groups (broad SMARTS) is 1. The molecular formula is C17H29NO4. The van der Waals surface area contributed by atoms with Crippen molar-refractivity contribution in [3.63, 3.8) is 0 Å². The average Bonchev–Trinajstić information content (AvgIpc) is 3.20. The lowest BCUT2D eigenvalue weighted by atomic mass is 9.82. The van der Waals surface area contributed by atoms with Gasteiger partial charge in [0.25, 0.3) is 0 Å². The van der Waals surface area contributed by atoms with Gasteiger partial charge in [-0.1, -0.05) is 0 Å². The van der Waals surface area contributed by atoms with Gasteiger partial charge in [0.1, 0.15) is 5.60 Å². The SMILES string of the molecule is CC(C)(C)OC(=O)N(CC1CC1)CC1CCC(C(=O)O)CC1. The molecule has 1 amide bonds. The van der Waals surface area contributed by atoms with Crippen molar-refractivity contribution in [1.29, 1.82) is 0 Å². The van der Waals surface area contributed by atoms with E-state index in [2.05, 4.69) is 0 Å². The number of hydrogen-bond donors (Lipinski definition) is 1. The zero-order valence-electron chi connectivity index (χ0n) is 14.0. The Labute approximate surface area is 133 Å². The van der Waals surface area contributed by atoms with Gasteiger partial charge in [-0.15, -0.1) is 0 Å². The van der Waals surface area contributed by atoms with E-state index in [1.807, 2.05) is 25.7 Å². The molecule has 0 bridgehead atoms. The third-order valence-electron chi connectivity index (χ3n) is 4.50. The maximum Gasteiger partial charge on any atom is 0.410 e. The van der Waals surface area contributed by atoms with Crippen molar-refractivity contribution in [2.75, 3.05) is 13.1 Å². The molecule has 5 nitrogen and oxygen atoms in total. The van der Waals surface area contributed by atoms with Crippen LogP contribution in [0, 0.1) is 17.8 Å². The van der Waals surface area contributed by atoms with Gasteiger partial charge in [0.15, 0.2) is 0 Å². The first kappa shape index (κ1) is 17.1. The van der Waals surface area contributed by atoms with E-state index < -0.39 is 11.6 Å². The summed E-state index contributed by atoms with van der Waals surface area (Å²) in [5.74, 6) is 0.153. The van der Waals surface area contributed by atoms with E-state index in [4.69, 9.17) is 9.84 Å². The molecule has 2 saturated carbocycles. The molecule has 1 N–H and O–H groups in total. The fourth-order valence-electron chi connectivity index (χ4n) is 3.07. The summed E-state index contributed by atoms with van der Waals surface area (Å²) in [5.41, 5.74) is -0.472. The number of ether oxygens (including phenoxy) is 1. The van der Waals surface area contributed by atoms with Crippen LogP contribution in [0.25, 0.3) is 0 Å². The summed E-state index contributed by atoms with van der Waals surface area (Å²) in [6.07, 6.45) is 5.41. The lowest BCUT2D eigenvalue weighted by Crippen LogP contribution is -2.41. The Morgan fingerprint density at radius 1 is 1.00 bits per heavy atom. The molecule has 2 aliphatic rings. The predicted octanol–water partition coefficient (Wildman–Crippen LogP) is 3.52. The van der Waals surface area contributed by atoms with E-state index in [0.717, 1.165) is 32.2 Å². The van der Waals surface area contributed by atoms with Crippen LogP contribution in [0.4, 0.5) is 4.79 Å². The smallest absolute Gasteiger partial charge is 0.410 e. The molecular weight excluding hydrogens is 282 g/mol. The topological polar surface area (TPSA) is 66.8 Å². The Bertz CT molecular complexity index is 403. The van der Waals surface area contributed by atoms with E-state index in [0.29, 0.717) is 18.4 Å². The van der Waals surface area contributed by atoms with E-state index in [9.17, 15) is 9.59 Å². The van der Waals surface area contributed by atoms with Crippen LogP contribution in [-0.4, -0.2) is 40.8 Å². The van der Waals surface area contributed by atoms with Crippen LogP contribution in [-0.2, 0) is 9.53 Å². The van der Waals surface area contributed by atoms with Gasteiger partial charge in [0, 0.05) is 13.1 Å². The lowest BCUT2D eigenvalue weighted by Gasteiger charge is -2.33. The minimum absolute atomic E-state index is 0.199. The van der Waals surface area contributed by atoms with Crippen molar-refractivity contribution in [3.05, 3.63) is 0 Å². The first-order valence-corrected chi connectivity index (χ1v) is 8.45. The molecule has 0 aromatic carbocycles. The van der Waals surface area contributed by atoms with Gasteiger partial charge in [-0.2, -0.15) is 0 Å². The molecule has 2 fully saturated rings. The molecule has 0 spiro atoms. The normalized spacial score (nSPS) is 25.6. The van der Waals surface area contributed by atoms with Crippen LogP contribution < -0.4 is 0 Å². The average molecular weight is 311 g/mol. The Morgan fingerprint density at radius 3 is 1.82 bits per heavy atom. The van der Waals surface area contributed by atoms with Gasteiger partial charge in [-0.05, 0) is 71.1 Å². The van der Waals surface area contributed by atoms with Crippen LogP contribution >= 0.6 is 0 Å². The number of amides is 1. The van der Waals surface area contributed by atoms with Crippen molar-refractivity contribution >= 4 is 12.1 Å². The van der Waals surface area contributed by atoms with Crippen molar-refractivity contribution in [1.82, 2.24) is 4.90 Å². The summed E-state index contributed by atoms with van der Waals surface area (Å²) in [6.45, 7) is 7.15. The molecule has 22 heavy (non-hydrogen) atoms. The molecule has 0 atom stereocenters. The Morgan fingerprint density at radius 2 is 1.45 bits per heavy atom. The highest BCUT2D eigenvalue weighted by Crippen LogP contribution is 2.33. The lowest BCUT2D eigenvalue weighted by molar-refractivity contribution is -0.143. The summed E-state index contributed by atoms with van der Waals surface area (Å²) < 4.78 is 5.52. The summed E-state index contributed by atoms with van der Waals surface area (Å²) in [5, 5.41) is 9.06. The largest absolute Gasteiger partial charge is 0.481 e. The van der Waals surface area contributed by atoms with Gasteiger partial charge in [-0.3, -0.25) is 4.79 Å². The monoisotopic (exact) mass is 311 g/mol. The Kier molecular flexibility index (Phi) is 5.35. The standard InChI is InChI=1S/C17H29NO4/c1-17(2,3)22-16(21)18(10-12-4-5-12)11-13-6-8-14(9-7-13)15(19)20/h12-14H,4-11H2,1-3H3,(H,19,20). The van der Waals surface area contributed by atoms with Crippen molar-refractivity contribution in [2.45, 2.75) is 64.9 Å². The van der Waals surface area contributed by atoms with E-state index >= 15 is 0 Å². The Hall–Kier alpha value is -1.26. The van der Waals surface area contributed by atoms with E-state index in [1.54, 1.807) is 0 Å². The van der Waals surface area contributed by atoms with E-state index in [1.165, 1.54) is 12.8 Å². The second-order valence-corrected chi connectivity index (χ2v) is 7.88. The Balaban J connectivity index is 1.87. The number of carboxylic acids is 1. The molecule has 126 valence electrons. The maximum absolute atomic E-state index is 12.4.